The van der Waals surface area contributed by atoms with Crippen LogP contribution in [0.4, 0.5) is 15.8 Å². The summed E-state index contributed by atoms with van der Waals surface area (Å²) < 4.78 is 18.9. The van der Waals surface area contributed by atoms with Gasteiger partial charge in [-0.3, -0.25) is 24.7 Å². The molecule has 0 aromatic heterocycles. The van der Waals surface area contributed by atoms with E-state index in [1.807, 2.05) is 26.0 Å². The lowest BCUT2D eigenvalue weighted by Crippen LogP contribution is -2.49. The van der Waals surface area contributed by atoms with Crippen molar-refractivity contribution in [2.45, 2.75) is 26.3 Å². The van der Waals surface area contributed by atoms with Crippen LogP contribution < -0.4 is 20.4 Å². The number of hydrogen-bond acceptors (Lipinski definition) is 5. The van der Waals surface area contributed by atoms with Gasteiger partial charge in [0.15, 0.2) is 0 Å². The number of anilines is 2. The number of thiocarbonyl (C=S) groups is 1. The molecule has 8 nitrogen and oxygen atoms in total. The summed E-state index contributed by atoms with van der Waals surface area (Å²) in [6.45, 7) is 3.82. The number of carbonyl (C=O) groups excluding carboxylic acids is 3. The van der Waals surface area contributed by atoms with Gasteiger partial charge in [0.1, 0.15) is 17.6 Å². The number of hydrazine groups is 1. The lowest BCUT2D eigenvalue weighted by atomic mass is 10.1. The van der Waals surface area contributed by atoms with Crippen LogP contribution in [0.1, 0.15) is 27.9 Å². The smallest absolute Gasteiger partial charge is 0.269 e. The molecule has 0 aliphatic carbocycles. The SMILES string of the molecule is COc1ccc(N2C(=O)[C@H](CC(=O)Nc3ccc(C)cc3C)N(NC(=O)c3cccc(F)c3)C2=S)cc1. The van der Waals surface area contributed by atoms with Crippen LogP contribution in [-0.4, -0.2) is 41.0 Å². The molecule has 1 aliphatic rings. The number of methoxy groups -OCH3 is 1. The predicted molar refractivity (Wildman–Crippen MR) is 142 cm³/mol. The minimum absolute atomic E-state index is 0.0239. The van der Waals surface area contributed by atoms with E-state index in [0.29, 0.717) is 17.1 Å². The fourth-order valence-electron chi connectivity index (χ4n) is 4.00. The molecule has 3 aromatic carbocycles. The van der Waals surface area contributed by atoms with Crippen molar-refractivity contribution in [3.63, 3.8) is 0 Å². The van der Waals surface area contributed by atoms with E-state index >= 15 is 0 Å². The second-order valence-corrected chi connectivity index (χ2v) is 8.93. The molecular formula is C27H25FN4O4S. The van der Waals surface area contributed by atoms with Crippen molar-refractivity contribution in [2.24, 2.45) is 0 Å². The summed E-state index contributed by atoms with van der Waals surface area (Å²) in [7, 11) is 1.52. The molecule has 1 saturated heterocycles. The maximum absolute atomic E-state index is 13.7. The highest BCUT2D eigenvalue weighted by atomic mass is 32.1. The molecule has 3 aromatic rings. The molecule has 0 unspecified atom stereocenters. The van der Waals surface area contributed by atoms with Crippen LogP contribution in [0.5, 0.6) is 5.75 Å². The summed E-state index contributed by atoms with van der Waals surface area (Å²) in [6, 6.07) is 16.2. The Balaban J connectivity index is 1.61. The molecule has 1 atom stereocenters. The van der Waals surface area contributed by atoms with Crippen molar-refractivity contribution in [3.8, 4) is 5.75 Å². The second kappa shape index (κ2) is 10.8. The highest BCUT2D eigenvalue weighted by Crippen LogP contribution is 2.28. The number of benzene rings is 3. The van der Waals surface area contributed by atoms with Crippen LogP contribution in [0.25, 0.3) is 0 Å². The first-order valence-electron chi connectivity index (χ1n) is 11.4. The molecule has 10 heteroatoms. The third-order valence-corrected chi connectivity index (χ3v) is 6.27. The second-order valence-electron chi connectivity index (χ2n) is 8.56. The van der Waals surface area contributed by atoms with Gasteiger partial charge < -0.3 is 10.1 Å². The Morgan fingerprint density at radius 1 is 1.05 bits per heavy atom. The van der Waals surface area contributed by atoms with Gasteiger partial charge in [0, 0.05) is 11.3 Å². The third-order valence-electron chi connectivity index (χ3n) is 5.89. The van der Waals surface area contributed by atoms with Crippen LogP contribution in [0.2, 0.25) is 0 Å². The van der Waals surface area contributed by atoms with Gasteiger partial charge in [-0.05, 0) is 80.2 Å². The molecule has 0 saturated carbocycles. The lowest BCUT2D eigenvalue weighted by Gasteiger charge is -2.24. The summed E-state index contributed by atoms with van der Waals surface area (Å²) in [5, 5.41) is 3.98. The minimum atomic E-state index is -1.13. The minimum Gasteiger partial charge on any atom is -0.497 e. The normalized spacial score (nSPS) is 15.1. The van der Waals surface area contributed by atoms with Gasteiger partial charge >= 0.3 is 0 Å². The zero-order valence-electron chi connectivity index (χ0n) is 20.4. The summed E-state index contributed by atoms with van der Waals surface area (Å²) in [4.78, 5) is 40.7. The topological polar surface area (TPSA) is 91.0 Å². The highest BCUT2D eigenvalue weighted by molar-refractivity contribution is 7.80. The Hall–Kier alpha value is -4.31. The molecule has 2 N–H and O–H groups in total. The standard InChI is InChI=1S/C27H25FN4O4S/c1-16-7-12-22(17(2)13-16)29-24(33)15-23-26(35)31(20-8-10-21(36-3)11-9-20)27(37)32(23)30-25(34)18-5-4-6-19(28)14-18/h4-14,23H,15H2,1-3H3,(H,29,33)(H,30,34)/t23-/m0/s1. The molecule has 1 heterocycles. The average molecular weight is 521 g/mol. The van der Waals surface area contributed by atoms with Gasteiger partial charge in [-0.2, -0.15) is 0 Å². The molecule has 37 heavy (non-hydrogen) atoms. The summed E-state index contributed by atoms with van der Waals surface area (Å²) in [5.41, 5.74) is 5.60. The first-order valence-corrected chi connectivity index (χ1v) is 11.8. The van der Waals surface area contributed by atoms with Crippen LogP contribution in [0, 0.1) is 19.7 Å². The number of amides is 3. The molecule has 0 spiro atoms. The number of nitrogens with zero attached hydrogens (tertiary/aromatic N) is 2. The van der Waals surface area contributed by atoms with E-state index in [1.165, 1.54) is 35.2 Å². The Bertz CT molecular complexity index is 1380. The van der Waals surface area contributed by atoms with Crippen molar-refractivity contribution >= 4 is 46.4 Å². The maximum atomic E-state index is 13.7. The van der Waals surface area contributed by atoms with Crippen LogP contribution in [0.3, 0.4) is 0 Å². The van der Waals surface area contributed by atoms with Crippen LogP contribution >= 0.6 is 12.2 Å². The first-order chi connectivity index (χ1) is 17.7. The number of rotatable bonds is 7. The van der Waals surface area contributed by atoms with Gasteiger partial charge in [0.25, 0.3) is 11.8 Å². The molecule has 1 fully saturated rings. The van der Waals surface area contributed by atoms with Gasteiger partial charge in [-0.15, -0.1) is 0 Å². The molecule has 4 rings (SSSR count). The Morgan fingerprint density at radius 3 is 2.43 bits per heavy atom. The van der Waals surface area contributed by atoms with Crippen LogP contribution in [0.15, 0.2) is 66.7 Å². The van der Waals surface area contributed by atoms with Crippen molar-refractivity contribution in [1.82, 2.24) is 10.4 Å². The van der Waals surface area contributed by atoms with Gasteiger partial charge in [0.2, 0.25) is 11.0 Å². The van der Waals surface area contributed by atoms with Crippen molar-refractivity contribution in [3.05, 3.63) is 89.2 Å². The average Bonchev–Trinajstić information content (AvgIpc) is 3.09. The fraction of sp³-hybridized carbons (Fsp3) is 0.185. The zero-order chi connectivity index (χ0) is 26.7. The van der Waals surface area contributed by atoms with Gasteiger partial charge in [-0.1, -0.05) is 23.8 Å². The first kappa shape index (κ1) is 25.8. The summed E-state index contributed by atoms with van der Waals surface area (Å²) in [5.74, 6) is -1.61. The third kappa shape index (κ3) is 5.59. The zero-order valence-corrected chi connectivity index (χ0v) is 21.3. The maximum Gasteiger partial charge on any atom is 0.269 e. The van der Waals surface area contributed by atoms with E-state index in [4.69, 9.17) is 17.0 Å². The molecule has 0 radical (unpaired) electrons. The molecule has 0 bridgehead atoms. The van der Waals surface area contributed by atoms with E-state index in [0.717, 1.165) is 17.2 Å². The van der Waals surface area contributed by atoms with Crippen LogP contribution in [-0.2, 0) is 9.59 Å². The number of ether oxygens (including phenoxy) is 1. The number of nitrogens with one attached hydrogen (secondary N) is 2. The predicted octanol–water partition coefficient (Wildman–Crippen LogP) is 4.13. The van der Waals surface area contributed by atoms with E-state index in [9.17, 15) is 18.8 Å². The van der Waals surface area contributed by atoms with Gasteiger partial charge in [-0.25, -0.2) is 9.40 Å². The van der Waals surface area contributed by atoms with E-state index in [1.54, 1.807) is 30.3 Å². The van der Waals surface area contributed by atoms with E-state index < -0.39 is 29.6 Å². The quantitative estimate of drug-likeness (QED) is 0.456. The fourth-order valence-corrected chi connectivity index (χ4v) is 4.37. The van der Waals surface area contributed by atoms with Crippen molar-refractivity contribution < 1.29 is 23.5 Å². The largest absolute Gasteiger partial charge is 0.497 e. The Morgan fingerprint density at radius 2 is 1.78 bits per heavy atom. The Kier molecular flexibility index (Phi) is 7.49. The lowest BCUT2D eigenvalue weighted by molar-refractivity contribution is -0.124. The number of carbonyl (C=O) groups is 3. The molecule has 3 amide bonds. The van der Waals surface area contributed by atoms with Crippen molar-refractivity contribution in [2.75, 3.05) is 17.3 Å². The number of aryl methyl sites for hydroxylation is 2. The monoisotopic (exact) mass is 520 g/mol. The Labute approximate surface area is 219 Å². The van der Waals surface area contributed by atoms with E-state index in [2.05, 4.69) is 10.7 Å². The van der Waals surface area contributed by atoms with Gasteiger partial charge in [0.05, 0.1) is 19.2 Å². The summed E-state index contributed by atoms with van der Waals surface area (Å²) in [6.07, 6.45) is -0.289. The molecular weight excluding hydrogens is 495 g/mol. The summed E-state index contributed by atoms with van der Waals surface area (Å²) >= 11 is 5.55. The molecule has 190 valence electrons. The highest BCUT2D eigenvalue weighted by Gasteiger charge is 2.45. The molecule has 1 aliphatic heterocycles. The van der Waals surface area contributed by atoms with E-state index in [-0.39, 0.29) is 17.1 Å². The number of halogens is 1. The van der Waals surface area contributed by atoms with Crippen molar-refractivity contribution in [1.29, 1.82) is 0 Å². The number of hydrogen-bond donors (Lipinski definition) is 2.